The maximum absolute atomic E-state index is 14.1. The lowest BCUT2D eigenvalue weighted by Crippen LogP contribution is -2.72. The van der Waals surface area contributed by atoms with Crippen LogP contribution in [0.15, 0.2) is 23.0 Å². The molecule has 3 heterocycles. The van der Waals surface area contributed by atoms with Crippen molar-refractivity contribution in [1.29, 1.82) is 0 Å². The first-order valence-electron chi connectivity index (χ1n) is 12.1. The monoisotopic (exact) mass is 442 g/mol. The summed E-state index contributed by atoms with van der Waals surface area (Å²) >= 11 is 0. The van der Waals surface area contributed by atoms with Gasteiger partial charge in [-0.1, -0.05) is 27.7 Å². The molecule has 1 spiro atoms. The van der Waals surface area contributed by atoms with Crippen LogP contribution in [-0.2, 0) is 19.1 Å². The molecule has 32 heavy (non-hydrogen) atoms. The Morgan fingerprint density at radius 1 is 1.00 bits per heavy atom. The molecular formula is C26H34O6. The molecule has 5 aliphatic rings. The van der Waals surface area contributed by atoms with E-state index in [9.17, 15) is 14.7 Å². The van der Waals surface area contributed by atoms with Gasteiger partial charge in [0.05, 0.1) is 24.0 Å². The third-order valence-electron chi connectivity index (χ3n) is 11.0. The molecule has 1 aromatic heterocycles. The number of hydrogen-bond acceptors (Lipinski definition) is 6. The number of epoxide rings is 1. The molecule has 0 radical (unpaired) electrons. The zero-order chi connectivity index (χ0) is 22.9. The fourth-order valence-electron chi connectivity index (χ4n) is 9.24. The summed E-state index contributed by atoms with van der Waals surface area (Å²) in [5, 5.41) is 10.8. The number of aliphatic hydroxyl groups is 1. The fourth-order valence-corrected chi connectivity index (χ4v) is 9.24. The number of fused-ring (bicyclic) bond motifs is 3. The molecule has 6 heteroatoms. The van der Waals surface area contributed by atoms with Crippen LogP contribution < -0.4 is 0 Å². The highest BCUT2D eigenvalue weighted by molar-refractivity contribution is 5.93. The second kappa shape index (κ2) is 5.87. The van der Waals surface area contributed by atoms with E-state index >= 15 is 0 Å². The van der Waals surface area contributed by atoms with E-state index in [1.54, 1.807) is 12.5 Å². The zero-order valence-corrected chi connectivity index (χ0v) is 19.6. The van der Waals surface area contributed by atoms with Gasteiger partial charge in [-0.25, -0.2) is 4.79 Å². The van der Waals surface area contributed by atoms with Gasteiger partial charge in [-0.2, -0.15) is 0 Å². The summed E-state index contributed by atoms with van der Waals surface area (Å²) in [5.74, 6) is 0.0285. The highest BCUT2D eigenvalue weighted by Crippen LogP contribution is 2.79. The number of esters is 1. The Morgan fingerprint density at radius 2 is 1.75 bits per heavy atom. The molecular weight excluding hydrogens is 408 g/mol. The molecule has 0 aromatic carbocycles. The van der Waals surface area contributed by atoms with E-state index in [0.29, 0.717) is 6.42 Å². The van der Waals surface area contributed by atoms with Crippen LogP contribution in [0.5, 0.6) is 0 Å². The van der Waals surface area contributed by atoms with Crippen molar-refractivity contribution < 1.29 is 28.6 Å². The Bertz CT molecular complexity index is 998. The Kier molecular flexibility index (Phi) is 3.84. The van der Waals surface area contributed by atoms with Gasteiger partial charge in [-0.3, -0.25) is 4.79 Å². The Balaban J connectivity index is 1.50. The van der Waals surface area contributed by atoms with Crippen LogP contribution in [-0.4, -0.2) is 34.7 Å². The van der Waals surface area contributed by atoms with Gasteiger partial charge in [-0.05, 0) is 61.3 Å². The number of hydrogen-bond donors (Lipinski definition) is 1. The SMILES string of the molecule is CC1(C)C2CC(=O)[C@]3(C)C(CC[C@@]4(C)[C@H](c5ccoc5)OC(=O)[C@H]5O[C@]543)[C@@]2(C)CC[C@@H]1O. The number of carbonyl (C=O) groups excluding carboxylic acids is 2. The first kappa shape index (κ1) is 20.9. The van der Waals surface area contributed by atoms with Crippen LogP contribution in [0.1, 0.15) is 78.4 Å². The van der Waals surface area contributed by atoms with Crippen LogP contribution in [0.3, 0.4) is 0 Å². The van der Waals surface area contributed by atoms with E-state index < -0.39 is 34.7 Å². The highest BCUT2D eigenvalue weighted by Gasteiger charge is 2.88. The topological polar surface area (TPSA) is 89.3 Å². The van der Waals surface area contributed by atoms with E-state index in [-0.39, 0.29) is 34.4 Å². The maximum atomic E-state index is 14.1. The van der Waals surface area contributed by atoms with E-state index in [2.05, 4.69) is 34.6 Å². The van der Waals surface area contributed by atoms with Gasteiger partial charge < -0.3 is 19.0 Å². The molecule has 2 aliphatic heterocycles. The Labute approximate surface area is 189 Å². The lowest BCUT2D eigenvalue weighted by atomic mass is 9.35. The number of ether oxygens (including phenoxy) is 2. The molecule has 6 rings (SSSR count). The first-order valence-corrected chi connectivity index (χ1v) is 12.1. The Hall–Kier alpha value is -1.66. The minimum Gasteiger partial charge on any atom is -0.472 e. The number of carbonyl (C=O) groups is 2. The van der Waals surface area contributed by atoms with Crippen molar-refractivity contribution in [3.05, 3.63) is 24.2 Å². The average molecular weight is 443 g/mol. The largest absolute Gasteiger partial charge is 0.472 e. The minimum absolute atomic E-state index is 0.0928. The standard InChI is InChI=1S/C26H34O6/c1-22(2)16-12-18(28)25(5)15(23(16,3)9-7-17(22)27)6-10-24(4)19(14-8-11-30-13-14)31-21(29)20-26(24,25)32-20/h8,11,13,15-17,19-20,27H,6-7,9-10,12H2,1-5H3/t15?,16?,17-,19-,20+,23+,24-,25-,26+/m0/s1. The van der Waals surface area contributed by atoms with Gasteiger partial charge in [0.2, 0.25) is 0 Å². The average Bonchev–Trinajstić information content (AvgIpc) is 3.30. The van der Waals surface area contributed by atoms with Gasteiger partial charge in [0.25, 0.3) is 0 Å². The number of rotatable bonds is 1. The molecule has 1 N–H and O–H groups in total. The van der Waals surface area contributed by atoms with Crippen LogP contribution in [0.2, 0.25) is 0 Å². The first-order chi connectivity index (χ1) is 14.9. The third kappa shape index (κ3) is 2.02. The van der Waals surface area contributed by atoms with Crippen LogP contribution in [0.4, 0.5) is 0 Å². The molecule has 3 aliphatic carbocycles. The van der Waals surface area contributed by atoms with Gasteiger partial charge in [0.15, 0.2) is 6.10 Å². The predicted octanol–water partition coefficient (Wildman–Crippen LogP) is 4.21. The van der Waals surface area contributed by atoms with Crippen molar-refractivity contribution in [3.63, 3.8) is 0 Å². The summed E-state index contributed by atoms with van der Waals surface area (Å²) in [5.41, 5.74) is -1.73. The van der Waals surface area contributed by atoms with Crippen LogP contribution >= 0.6 is 0 Å². The van der Waals surface area contributed by atoms with Crippen molar-refractivity contribution in [2.45, 2.75) is 90.6 Å². The van der Waals surface area contributed by atoms with Crippen LogP contribution in [0.25, 0.3) is 0 Å². The number of furan rings is 1. The summed E-state index contributed by atoms with van der Waals surface area (Å²) in [6.45, 7) is 10.8. The minimum atomic E-state index is -0.856. The summed E-state index contributed by atoms with van der Waals surface area (Å²) in [4.78, 5) is 27.2. The molecule has 1 aromatic rings. The van der Waals surface area contributed by atoms with Gasteiger partial charge in [0, 0.05) is 17.4 Å². The number of ketones is 1. The smallest absolute Gasteiger partial charge is 0.339 e. The molecule has 6 nitrogen and oxygen atoms in total. The number of Topliss-reactive ketones (excluding diaryl/α,β-unsaturated/α-hetero) is 1. The van der Waals surface area contributed by atoms with Gasteiger partial charge in [-0.15, -0.1) is 0 Å². The highest BCUT2D eigenvalue weighted by atomic mass is 16.7. The molecule has 3 saturated carbocycles. The third-order valence-corrected chi connectivity index (χ3v) is 11.0. The van der Waals surface area contributed by atoms with Gasteiger partial charge >= 0.3 is 5.97 Å². The van der Waals surface area contributed by atoms with Crippen LogP contribution in [0, 0.1) is 33.5 Å². The maximum Gasteiger partial charge on any atom is 0.339 e. The quantitative estimate of drug-likeness (QED) is 0.518. The summed E-state index contributed by atoms with van der Waals surface area (Å²) in [6.07, 6.45) is 5.41. The van der Waals surface area contributed by atoms with Crippen molar-refractivity contribution in [1.82, 2.24) is 0 Å². The van der Waals surface area contributed by atoms with E-state index in [0.717, 1.165) is 31.2 Å². The summed E-state index contributed by atoms with van der Waals surface area (Å²) in [7, 11) is 0. The van der Waals surface area contributed by atoms with Crippen molar-refractivity contribution >= 4 is 11.8 Å². The predicted molar refractivity (Wildman–Crippen MR) is 114 cm³/mol. The molecule has 9 atom stereocenters. The number of aliphatic hydroxyl groups excluding tert-OH is 1. The lowest BCUT2D eigenvalue weighted by Gasteiger charge is -2.68. The molecule has 2 unspecified atom stereocenters. The molecule has 174 valence electrons. The van der Waals surface area contributed by atoms with Crippen molar-refractivity contribution in [2.75, 3.05) is 0 Å². The van der Waals surface area contributed by atoms with E-state index in [4.69, 9.17) is 13.9 Å². The zero-order valence-electron chi connectivity index (χ0n) is 19.6. The molecule has 5 fully saturated rings. The summed E-state index contributed by atoms with van der Waals surface area (Å²) < 4.78 is 17.6. The molecule has 0 bridgehead atoms. The van der Waals surface area contributed by atoms with Crippen molar-refractivity contribution in [2.24, 2.45) is 33.5 Å². The van der Waals surface area contributed by atoms with Crippen molar-refractivity contribution in [3.8, 4) is 0 Å². The van der Waals surface area contributed by atoms with E-state index in [1.165, 1.54) is 0 Å². The second-order valence-corrected chi connectivity index (χ2v) is 12.4. The van der Waals surface area contributed by atoms with Gasteiger partial charge in [0.1, 0.15) is 17.5 Å². The summed E-state index contributed by atoms with van der Waals surface area (Å²) in [6, 6.07) is 1.85. The number of cyclic esters (lactones) is 1. The fraction of sp³-hybridized carbons (Fsp3) is 0.769. The Morgan fingerprint density at radius 3 is 2.44 bits per heavy atom. The van der Waals surface area contributed by atoms with E-state index in [1.807, 2.05) is 6.07 Å². The normalized spacial score (nSPS) is 53.4. The second-order valence-electron chi connectivity index (χ2n) is 12.4. The lowest BCUT2D eigenvalue weighted by molar-refractivity contribution is -0.230. The molecule has 2 saturated heterocycles. The molecule has 0 amide bonds.